The average molecular weight is 416 g/mol. The first-order valence-corrected chi connectivity index (χ1v) is 11.7. The van der Waals surface area contributed by atoms with Gasteiger partial charge in [0.15, 0.2) is 0 Å². The summed E-state index contributed by atoms with van der Waals surface area (Å²) in [5, 5.41) is 0. The molecule has 2 heterocycles. The Hall–Kier alpha value is -2.59. The fourth-order valence-electron chi connectivity index (χ4n) is 6.18. The Labute approximate surface area is 183 Å². The van der Waals surface area contributed by atoms with Crippen molar-refractivity contribution in [1.82, 2.24) is 4.90 Å². The Morgan fingerprint density at radius 2 is 1.65 bits per heavy atom. The van der Waals surface area contributed by atoms with Crippen LogP contribution in [0.15, 0.2) is 60.2 Å². The lowest BCUT2D eigenvalue weighted by atomic mass is 9.85. The Morgan fingerprint density at radius 3 is 2.32 bits per heavy atom. The van der Waals surface area contributed by atoms with Crippen molar-refractivity contribution in [3.8, 4) is 11.1 Å². The van der Waals surface area contributed by atoms with E-state index < -0.39 is 0 Å². The monoisotopic (exact) mass is 415 g/mol. The molecule has 4 heteroatoms. The Balaban J connectivity index is 1.20. The second-order valence-electron chi connectivity index (χ2n) is 9.40. The summed E-state index contributed by atoms with van der Waals surface area (Å²) < 4.78 is 11.8. The predicted molar refractivity (Wildman–Crippen MR) is 120 cm³/mol. The van der Waals surface area contributed by atoms with Gasteiger partial charge in [0, 0.05) is 5.92 Å². The van der Waals surface area contributed by atoms with E-state index in [1.165, 1.54) is 47.9 Å². The van der Waals surface area contributed by atoms with Crippen molar-refractivity contribution in [1.29, 1.82) is 0 Å². The summed E-state index contributed by atoms with van der Waals surface area (Å²) in [6.45, 7) is 1.57. The van der Waals surface area contributed by atoms with E-state index in [1.807, 2.05) is 4.90 Å². The van der Waals surface area contributed by atoms with Crippen molar-refractivity contribution < 1.29 is 14.3 Å². The van der Waals surface area contributed by atoms with Crippen LogP contribution in [0.2, 0.25) is 0 Å². The van der Waals surface area contributed by atoms with E-state index in [0.29, 0.717) is 25.7 Å². The molecular weight excluding hydrogens is 386 g/mol. The highest BCUT2D eigenvalue weighted by atomic mass is 16.6. The second-order valence-corrected chi connectivity index (χ2v) is 9.40. The zero-order chi connectivity index (χ0) is 20.8. The summed E-state index contributed by atoms with van der Waals surface area (Å²) >= 11 is 0. The minimum absolute atomic E-state index is 0.0127. The Morgan fingerprint density at radius 1 is 0.968 bits per heavy atom. The average Bonchev–Trinajstić information content (AvgIpc) is 3.44. The maximum Gasteiger partial charge on any atom is 0.410 e. The third kappa shape index (κ3) is 3.28. The van der Waals surface area contributed by atoms with Crippen LogP contribution in [0, 0.1) is 5.92 Å². The molecule has 0 radical (unpaired) electrons. The first kappa shape index (κ1) is 19.1. The Kier molecular flexibility index (Phi) is 4.83. The lowest BCUT2D eigenvalue weighted by Gasteiger charge is -2.44. The normalized spacial score (nSPS) is 25.2. The summed E-state index contributed by atoms with van der Waals surface area (Å²) in [6, 6.07) is 17.1. The number of hydrogen-bond donors (Lipinski definition) is 0. The summed E-state index contributed by atoms with van der Waals surface area (Å²) in [5.74, 6) is 0.814. The second kappa shape index (κ2) is 7.83. The molecule has 2 bridgehead atoms. The Bertz CT molecular complexity index is 977. The van der Waals surface area contributed by atoms with Gasteiger partial charge < -0.3 is 9.47 Å². The molecular formula is C27H29NO3. The molecule has 2 unspecified atom stereocenters. The minimum Gasteiger partial charge on any atom is -0.448 e. The van der Waals surface area contributed by atoms with Crippen LogP contribution in [-0.4, -0.2) is 42.9 Å². The number of benzene rings is 2. The molecule has 160 valence electrons. The van der Waals surface area contributed by atoms with Crippen molar-refractivity contribution in [2.45, 2.75) is 50.1 Å². The van der Waals surface area contributed by atoms with Gasteiger partial charge in [0.25, 0.3) is 0 Å². The lowest BCUT2D eigenvalue weighted by molar-refractivity contribution is -0.0373. The number of nitrogens with zero attached hydrogens (tertiary/aromatic N) is 1. The van der Waals surface area contributed by atoms with Crippen molar-refractivity contribution in [2.75, 3.05) is 19.8 Å². The van der Waals surface area contributed by atoms with Gasteiger partial charge >= 0.3 is 6.09 Å². The van der Waals surface area contributed by atoms with Crippen LogP contribution in [0.5, 0.6) is 0 Å². The topological polar surface area (TPSA) is 38.8 Å². The van der Waals surface area contributed by atoms with Crippen LogP contribution in [0.1, 0.15) is 49.1 Å². The predicted octanol–water partition coefficient (Wildman–Crippen LogP) is 5.53. The first-order valence-electron chi connectivity index (χ1n) is 11.7. The molecule has 4 aliphatic rings. The van der Waals surface area contributed by atoms with Gasteiger partial charge in [-0.15, -0.1) is 0 Å². The van der Waals surface area contributed by atoms with Crippen molar-refractivity contribution in [3.63, 3.8) is 0 Å². The molecule has 2 atom stereocenters. The van der Waals surface area contributed by atoms with Gasteiger partial charge in [-0.05, 0) is 47.4 Å². The summed E-state index contributed by atoms with van der Waals surface area (Å²) in [4.78, 5) is 15.2. The van der Waals surface area contributed by atoms with Gasteiger partial charge in [0.05, 0.1) is 25.3 Å². The highest BCUT2D eigenvalue weighted by Crippen LogP contribution is 2.45. The van der Waals surface area contributed by atoms with E-state index in [-0.39, 0.29) is 24.1 Å². The van der Waals surface area contributed by atoms with E-state index in [1.54, 1.807) is 5.57 Å². The number of amides is 1. The summed E-state index contributed by atoms with van der Waals surface area (Å²) in [7, 11) is 0. The van der Waals surface area contributed by atoms with Gasteiger partial charge in [0.1, 0.15) is 6.61 Å². The molecule has 0 aromatic heterocycles. The zero-order valence-corrected chi connectivity index (χ0v) is 17.8. The highest BCUT2D eigenvalue weighted by molar-refractivity contribution is 5.79. The van der Waals surface area contributed by atoms with Crippen LogP contribution in [0.25, 0.3) is 11.1 Å². The largest absolute Gasteiger partial charge is 0.448 e. The van der Waals surface area contributed by atoms with Crippen LogP contribution < -0.4 is 0 Å². The quantitative estimate of drug-likeness (QED) is 0.619. The molecule has 2 aliphatic heterocycles. The maximum absolute atomic E-state index is 13.2. The van der Waals surface area contributed by atoms with Crippen LogP contribution >= 0.6 is 0 Å². The summed E-state index contributed by atoms with van der Waals surface area (Å²) in [5.41, 5.74) is 6.57. The molecule has 6 rings (SSSR count). The van der Waals surface area contributed by atoms with Crippen LogP contribution in [0.3, 0.4) is 0 Å². The van der Waals surface area contributed by atoms with Crippen molar-refractivity contribution in [2.24, 2.45) is 5.92 Å². The number of fused-ring (bicyclic) bond motifs is 5. The molecule has 2 fully saturated rings. The molecule has 2 aromatic carbocycles. The standard InChI is InChI=1S/C27H29NO3/c29-27(28-20-13-19(18-7-1-2-8-18)14-21(28)16-30-15-20)31-17-26-24-11-5-3-9-22(24)23-10-4-6-12-25(23)26/h3-6,9-13,18,20-21,26H,1-2,7-8,14-17H2. The zero-order valence-electron chi connectivity index (χ0n) is 17.8. The molecule has 31 heavy (non-hydrogen) atoms. The van der Waals surface area contributed by atoms with E-state index in [9.17, 15) is 4.79 Å². The lowest BCUT2D eigenvalue weighted by Crippen LogP contribution is -2.57. The van der Waals surface area contributed by atoms with Crippen molar-refractivity contribution in [3.05, 3.63) is 71.3 Å². The van der Waals surface area contributed by atoms with Crippen LogP contribution in [-0.2, 0) is 9.47 Å². The fourth-order valence-corrected chi connectivity index (χ4v) is 6.18. The number of rotatable bonds is 3. The molecule has 4 nitrogen and oxygen atoms in total. The molecule has 1 saturated carbocycles. The highest BCUT2D eigenvalue weighted by Gasteiger charge is 2.41. The molecule has 2 aliphatic carbocycles. The molecule has 0 N–H and O–H groups in total. The minimum atomic E-state index is -0.193. The summed E-state index contributed by atoms with van der Waals surface area (Å²) in [6.07, 6.45) is 8.34. The molecule has 0 spiro atoms. The molecule has 1 amide bonds. The first-order chi connectivity index (χ1) is 15.3. The van der Waals surface area contributed by atoms with E-state index in [2.05, 4.69) is 54.6 Å². The van der Waals surface area contributed by atoms with Gasteiger partial charge in [-0.3, -0.25) is 4.90 Å². The fraction of sp³-hybridized carbons (Fsp3) is 0.444. The number of carbonyl (C=O) groups is 1. The van der Waals surface area contributed by atoms with Gasteiger partial charge in [-0.25, -0.2) is 4.79 Å². The van der Waals surface area contributed by atoms with Gasteiger partial charge in [0.2, 0.25) is 0 Å². The third-order valence-corrected chi connectivity index (χ3v) is 7.65. The van der Waals surface area contributed by atoms with E-state index >= 15 is 0 Å². The number of ether oxygens (including phenoxy) is 2. The third-order valence-electron chi connectivity index (χ3n) is 7.65. The molecule has 2 aromatic rings. The maximum atomic E-state index is 13.2. The van der Waals surface area contributed by atoms with Crippen LogP contribution in [0.4, 0.5) is 4.79 Å². The van der Waals surface area contributed by atoms with Gasteiger partial charge in [-0.2, -0.15) is 0 Å². The molecule has 1 saturated heterocycles. The van der Waals surface area contributed by atoms with E-state index in [4.69, 9.17) is 9.47 Å². The smallest absolute Gasteiger partial charge is 0.410 e. The number of carbonyl (C=O) groups excluding carboxylic acids is 1. The SMILES string of the molecule is O=C(OCC1c2ccccc2-c2ccccc21)N1C2C=C(C3CCCC3)CC1COC2. The number of morpholine rings is 1. The van der Waals surface area contributed by atoms with Crippen molar-refractivity contribution >= 4 is 6.09 Å². The van der Waals surface area contributed by atoms with Gasteiger partial charge in [-0.1, -0.05) is 73.0 Å². The van der Waals surface area contributed by atoms with E-state index in [0.717, 1.165) is 6.42 Å². The number of hydrogen-bond acceptors (Lipinski definition) is 3.